The average molecular weight is 152 g/mol. The van der Waals surface area contributed by atoms with Crippen LogP contribution in [0.25, 0.3) is 0 Å². The molecule has 0 aliphatic heterocycles. The lowest BCUT2D eigenvalue weighted by molar-refractivity contribution is 0.106. The van der Waals surface area contributed by atoms with Crippen LogP contribution in [0.3, 0.4) is 0 Å². The fourth-order valence-corrected chi connectivity index (χ4v) is 0.789. The Morgan fingerprint density at radius 2 is 2.36 bits per heavy atom. The van der Waals surface area contributed by atoms with Gasteiger partial charge in [0.15, 0.2) is 0 Å². The third-order valence-electron chi connectivity index (χ3n) is 1.44. The minimum absolute atomic E-state index is 0.491. The summed E-state index contributed by atoms with van der Waals surface area (Å²) in [5.74, 6) is 0.491. The van der Waals surface area contributed by atoms with E-state index in [2.05, 4.69) is 4.98 Å². The summed E-state index contributed by atoms with van der Waals surface area (Å²) in [6.45, 7) is 1.59. The lowest BCUT2D eigenvalue weighted by Gasteiger charge is -2.02. The predicted molar refractivity (Wildman–Crippen MR) is 39.9 cm³/mol. The van der Waals surface area contributed by atoms with Gasteiger partial charge >= 0.3 is 0 Å². The molecule has 0 fully saturated rings. The van der Waals surface area contributed by atoms with Gasteiger partial charge in [-0.2, -0.15) is 0 Å². The molecule has 1 radical (unpaired) electrons. The summed E-state index contributed by atoms with van der Waals surface area (Å²) in [6.07, 6.45) is 0.856. The number of rotatable bonds is 2. The maximum atomic E-state index is 10.9. The van der Waals surface area contributed by atoms with Crippen molar-refractivity contribution in [1.29, 1.82) is 0 Å². The van der Waals surface area contributed by atoms with Crippen LogP contribution < -0.4 is 4.74 Å². The lowest BCUT2D eigenvalue weighted by Crippen LogP contribution is -1.92. The van der Waals surface area contributed by atoms with Crippen LogP contribution in [-0.2, 0) is 5.11 Å². The number of methoxy groups -OCH3 is 1. The zero-order chi connectivity index (χ0) is 8.27. The first-order chi connectivity index (χ1) is 5.24. The van der Waals surface area contributed by atoms with Gasteiger partial charge in [-0.3, -0.25) is 0 Å². The van der Waals surface area contributed by atoms with Gasteiger partial charge < -0.3 is 4.74 Å². The summed E-state index contributed by atoms with van der Waals surface area (Å²) in [5.41, 5.74) is 0.705. The molecule has 0 amide bonds. The van der Waals surface area contributed by atoms with E-state index in [1.165, 1.54) is 7.11 Å². The van der Waals surface area contributed by atoms with E-state index in [-0.39, 0.29) is 0 Å². The van der Waals surface area contributed by atoms with Gasteiger partial charge in [0.1, 0.15) is 6.10 Å². The normalized spacial score (nSPS) is 12.6. The summed E-state index contributed by atoms with van der Waals surface area (Å²) in [7, 11) is 1.53. The Hall–Kier alpha value is -1.09. The van der Waals surface area contributed by atoms with Crippen molar-refractivity contribution in [3.05, 3.63) is 23.9 Å². The quantitative estimate of drug-likeness (QED) is 0.645. The van der Waals surface area contributed by atoms with E-state index in [4.69, 9.17) is 4.74 Å². The van der Waals surface area contributed by atoms with E-state index < -0.39 is 6.10 Å². The first-order valence-electron chi connectivity index (χ1n) is 3.40. The van der Waals surface area contributed by atoms with Crippen molar-refractivity contribution in [3.8, 4) is 5.88 Å². The molecular formula is C8H10NO2. The van der Waals surface area contributed by atoms with E-state index in [0.29, 0.717) is 11.4 Å². The molecule has 1 aromatic heterocycles. The largest absolute Gasteiger partial charge is 0.481 e. The SMILES string of the molecule is COc1cc(C(C)[O])ccn1. The van der Waals surface area contributed by atoms with Gasteiger partial charge in [0, 0.05) is 12.3 Å². The van der Waals surface area contributed by atoms with Gasteiger partial charge in [-0.15, -0.1) is 0 Å². The van der Waals surface area contributed by atoms with Crippen molar-refractivity contribution >= 4 is 0 Å². The molecule has 11 heavy (non-hydrogen) atoms. The highest BCUT2D eigenvalue weighted by molar-refractivity contribution is 5.21. The molecule has 0 aromatic carbocycles. The highest BCUT2D eigenvalue weighted by Crippen LogP contribution is 2.15. The van der Waals surface area contributed by atoms with Gasteiger partial charge in [0.25, 0.3) is 0 Å². The van der Waals surface area contributed by atoms with Crippen molar-refractivity contribution in [2.24, 2.45) is 0 Å². The second-order valence-corrected chi connectivity index (χ2v) is 2.27. The Labute approximate surface area is 65.7 Å². The van der Waals surface area contributed by atoms with E-state index in [0.717, 1.165) is 0 Å². The van der Waals surface area contributed by atoms with Crippen LogP contribution in [0.2, 0.25) is 0 Å². The topological polar surface area (TPSA) is 42.0 Å². The molecule has 1 rings (SSSR count). The molecule has 0 saturated heterocycles. The molecule has 0 saturated carbocycles. The standard InChI is InChI=1S/C8H10NO2/c1-6(10)7-3-4-9-8(5-7)11-2/h3-6H,1-2H3. The van der Waals surface area contributed by atoms with E-state index in [1.807, 2.05) is 0 Å². The average Bonchev–Trinajstić information content (AvgIpc) is 2.05. The van der Waals surface area contributed by atoms with Crippen molar-refractivity contribution in [2.45, 2.75) is 13.0 Å². The summed E-state index contributed by atoms with van der Waals surface area (Å²) in [5, 5.41) is 10.9. The van der Waals surface area contributed by atoms with Gasteiger partial charge in [-0.1, -0.05) is 0 Å². The minimum atomic E-state index is -0.716. The van der Waals surface area contributed by atoms with Crippen LogP contribution in [0, 0.1) is 0 Å². The van der Waals surface area contributed by atoms with Gasteiger partial charge in [0.2, 0.25) is 5.88 Å². The predicted octanol–water partition coefficient (Wildman–Crippen LogP) is 1.58. The van der Waals surface area contributed by atoms with E-state index in [9.17, 15) is 5.11 Å². The van der Waals surface area contributed by atoms with Crippen LogP contribution in [0.1, 0.15) is 18.6 Å². The fraction of sp³-hybridized carbons (Fsp3) is 0.375. The summed E-state index contributed by atoms with van der Waals surface area (Å²) in [4.78, 5) is 3.88. The molecule has 3 nitrogen and oxygen atoms in total. The lowest BCUT2D eigenvalue weighted by atomic mass is 10.2. The molecule has 1 aromatic rings. The van der Waals surface area contributed by atoms with Crippen molar-refractivity contribution < 1.29 is 9.84 Å². The first-order valence-corrected chi connectivity index (χ1v) is 3.40. The number of pyridine rings is 1. The second-order valence-electron chi connectivity index (χ2n) is 2.27. The van der Waals surface area contributed by atoms with Crippen LogP contribution in [0.15, 0.2) is 18.3 Å². The number of ether oxygens (including phenoxy) is 1. The van der Waals surface area contributed by atoms with Crippen LogP contribution in [0.5, 0.6) is 5.88 Å². The first kappa shape index (κ1) is 8.01. The van der Waals surface area contributed by atoms with Crippen molar-refractivity contribution in [2.75, 3.05) is 7.11 Å². The molecule has 0 aliphatic carbocycles. The molecule has 1 atom stereocenters. The summed E-state index contributed by atoms with van der Waals surface area (Å²) < 4.78 is 4.86. The summed E-state index contributed by atoms with van der Waals surface area (Å²) >= 11 is 0. The Bertz CT molecular complexity index is 235. The zero-order valence-corrected chi connectivity index (χ0v) is 6.57. The number of hydrogen-bond donors (Lipinski definition) is 0. The smallest absolute Gasteiger partial charge is 0.213 e. The molecule has 0 spiro atoms. The van der Waals surface area contributed by atoms with Crippen molar-refractivity contribution in [1.82, 2.24) is 4.98 Å². The van der Waals surface area contributed by atoms with E-state index >= 15 is 0 Å². The van der Waals surface area contributed by atoms with Crippen LogP contribution >= 0.6 is 0 Å². The molecule has 3 heteroatoms. The third kappa shape index (κ3) is 1.91. The van der Waals surface area contributed by atoms with Crippen LogP contribution in [0.4, 0.5) is 0 Å². The number of hydrogen-bond acceptors (Lipinski definition) is 2. The Kier molecular flexibility index (Phi) is 2.44. The number of aromatic nitrogens is 1. The molecule has 0 bridgehead atoms. The maximum Gasteiger partial charge on any atom is 0.213 e. The molecular weight excluding hydrogens is 142 g/mol. The monoisotopic (exact) mass is 152 g/mol. The molecule has 1 heterocycles. The summed E-state index contributed by atoms with van der Waals surface area (Å²) in [6, 6.07) is 3.35. The second kappa shape index (κ2) is 3.34. The Balaban J connectivity index is 2.91. The Morgan fingerprint density at radius 3 is 2.91 bits per heavy atom. The number of nitrogens with zero attached hydrogens (tertiary/aromatic N) is 1. The van der Waals surface area contributed by atoms with Gasteiger partial charge in [0.05, 0.1) is 7.11 Å². The van der Waals surface area contributed by atoms with Crippen molar-refractivity contribution in [3.63, 3.8) is 0 Å². The molecule has 1 unspecified atom stereocenters. The Morgan fingerprint density at radius 1 is 1.64 bits per heavy atom. The molecule has 0 aliphatic rings. The minimum Gasteiger partial charge on any atom is -0.481 e. The van der Waals surface area contributed by atoms with Gasteiger partial charge in [-0.25, -0.2) is 10.1 Å². The molecule has 0 N–H and O–H groups in total. The van der Waals surface area contributed by atoms with E-state index in [1.54, 1.807) is 25.3 Å². The van der Waals surface area contributed by atoms with Gasteiger partial charge in [-0.05, 0) is 18.6 Å². The highest BCUT2D eigenvalue weighted by Gasteiger charge is 2.02. The molecule has 59 valence electrons. The maximum absolute atomic E-state index is 10.9. The highest BCUT2D eigenvalue weighted by atomic mass is 16.5. The zero-order valence-electron chi connectivity index (χ0n) is 6.57. The third-order valence-corrected chi connectivity index (χ3v) is 1.44. The fourth-order valence-electron chi connectivity index (χ4n) is 0.789. The van der Waals surface area contributed by atoms with Crippen LogP contribution in [-0.4, -0.2) is 12.1 Å².